The summed E-state index contributed by atoms with van der Waals surface area (Å²) in [6.07, 6.45) is 4.52. The van der Waals surface area contributed by atoms with Gasteiger partial charge in [-0.3, -0.25) is 4.79 Å². The molecule has 0 aromatic carbocycles. The second-order valence-electron chi connectivity index (χ2n) is 4.24. The summed E-state index contributed by atoms with van der Waals surface area (Å²) in [6.45, 7) is 2.65. The molecule has 0 unspecified atom stereocenters. The van der Waals surface area contributed by atoms with Crippen LogP contribution in [0, 0.1) is 0 Å². The average Bonchev–Trinajstić information content (AvgIpc) is 3.05. The van der Waals surface area contributed by atoms with Gasteiger partial charge in [-0.15, -0.1) is 0 Å². The molecule has 2 N–H and O–H groups in total. The van der Waals surface area contributed by atoms with Gasteiger partial charge in [-0.05, 0) is 12.1 Å². The van der Waals surface area contributed by atoms with Gasteiger partial charge in [-0.1, -0.05) is 0 Å². The van der Waals surface area contributed by atoms with Crippen LogP contribution in [-0.4, -0.2) is 59.0 Å². The van der Waals surface area contributed by atoms with E-state index < -0.39 is 0 Å². The number of hydrogen-bond acceptors (Lipinski definition) is 6. The minimum Gasteiger partial charge on any atom is -0.383 e. The summed E-state index contributed by atoms with van der Waals surface area (Å²) in [5.41, 5.74) is 0.535. The summed E-state index contributed by atoms with van der Waals surface area (Å²) >= 11 is 0. The van der Waals surface area contributed by atoms with E-state index in [0.29, 0.717) is 31.1 Å². The van der Waals surface area contributed by atoms with Crippen LogP contribution in [0.5, 0.6) is 0 Å². The lowest BCUT2D eigenvalue weighted by molar-refractivity contribution is 0.0953. The summed E-state index contributed by atoms with van der Waals surface area (Å²) in [6, 6.07) is 3.33. The minimum absolute atomic E-state index is 0.146. The van der Waals surface area contributed by atoms with E-state index in [4.69, 9.17) is 4.74 Å². The zero-order valence-corrected chi connectivity index (χ0v) is 11.8. The smallest absolute Gasteiger partial charge is 0.251 e. The molecule has 0 spiro atoms. The summed E-state index contributed by atoms with van der Waals surface area (Å²) in [4.78, 5) is 20.0. The molecule has 0 radical (unpaired) electrons. The van der Waals surface area contributed by atoms with E-state index in [1.165, 1.54) is 17.3 Å². The molecule has 0 aliphatic rings. The number of carbonyl (C=O) groups excluding carboxylic acids is 1. The van der Waals surface area contributed by atoms with Gasteiger partial charge >= 0.3 is 0 Å². The van der Waals surface area contributed by atoms with E-state index in [2.05, 4.69) is 25.7 Å². The molecule has 112 valence electrons. The molecule has 0 saturated heterocycles. The molecule has 0 fully saturated rings. The molecule has 2 rings (SSSR count). The third kappa shape index (κ3) is 4.62. The maximum atomic E-state index is 12.0. The lowest BCUT2D eigenvalue weighted by atomic mass is 10.2. The zero-order chi connectivity index (χ0) is 14.9. The molecule has 21 heavy (non-hydrogen) atoms. The number of amides is 1. The van der Waals surface area contributed by atoms with Crippen molar-refractivity contribution in [2.75, 3.05) is 33.4 Å². The summed E-state index contributed by atoms with van der Waals surface area (Å²) in [7, 11) is 1.65. The van der Waals surface area contributed by atoms with Gasteiger partial charge in [0, 0.05) is 38.5 Å². The van der Waals surface area contributed by atoms with Crippen LogP contribution in [-0.2, 0) is 4.74 Å². The second kappa shape index (κ2) is 8.08. The number of methoxy groups -OCH3 is 1. The molecule has 8 heteroatoms. The molecule has 0 atom stereocenters. The van der Waals surface area contributed by atoms with Crippen LogP contribution in [0.1, 0.15) is 10.4 Å². The fraction of sp³-hybridized carbons (Fsp3) is 0.385. The first kappa shape index (κ1) is 15.1. The Morgan fingerprint density at radius 3 is 3.05 bits per heavy atom. The Bertz CT molecular complexity index is 558. The van der Waals surface area contributed by atoms with Crippen LogP contribution >= 0.6 is 0 Å². The summed E-state index contributed by atoms with van der Waals surface area (Å²) in [5, 5.41) is 9.97. The van der Waals surface area contributed by atoms with Crippen LogP contribution in [0.25, 0.3) is 5.82 Å². The van der Waals surface area contributed by atoms with Gasteiger partial charge in [-0.25, -0.2) is 14.6 Å². The van der Waals surface area contributed by atoms with Crippen molar-refractivity contribution < 1.29 is 9.53 Å². The molecule has 0 aliphatic carbocycles. The average molecular weight is 290 g/mol. The molecule has 2 aromatic rings. The molecule has 2 heterocycles. The van der Waals surface area contributed by atoms with Crippen LogP contribution in [0.3, 0.4) is 0 Å². The molecule has 2 aromatic heterocycles. The lowest BCUT2D eigenvalue weighted by Gasteiger charge is -2.07. The molecular weight excluding hydrogens is 272 g/mol. The SMILES string of the molecule is COCCNCCNC(=O)c1ccnc(-n2cncn2)c1. The number of ether oxygens (including phenoxy) is 1. The van der Waals surface area contributed by atoms with Gasteiger partial charge in [0.2, 0.25) is 0 Å². The first-order valence-electron chi connectivity index (χ1n) is 6.60. The maximum absolute atomic E-state index is 12.0. The maximum Gasteiger partial charge on any atom is 0.251 e. The first-order chi connectivity index (χ1) is 10.3. The Hall–Kier alpha value is -2.32. The number of aromatic nitrogens is 4. The Kier molecular flexibility index (Phi) is 5.80. The van der Waals surface area contributed by atoms with Gasteiger partial charge in [0.15, 0.2) is 5.82 Å². The van der Waals surface area contributed by atoms with Crippen molar-refractivity contribution in [1.82, 2.24) is 30.4 Å². The van der Waals surface area contributed by atoms with Crippen molar-refractivity contribution in [3.05, 3.63) is 36.5 Å². The second-order valence-corrected chi connectivity index (χ2v) is 4.24. The standard InChI is InChI=1S/C13H18N6O2/c1-21-7-6-14-4-5-17-13(20)11-2-3-16-12(8-11)19-10-15-9-18-19/h2-3,8-10,14H,4-7H2,1H3,(H,17,20). The zero-order valence-electron chi connectivity index (χ0n) is 11.8. The molecule has 8 nitrogen and oxygen atoms in total. The summed E-state index contributed by atoms with van der Waals surface area (Å²) in [5.74, 6) is 0.408. The molecule has 1 amide bonds. The van der Waals surface area contributed by atoms with E-state index >= 15 is 0 Å². The number of nitrogens with zero attached hydrogens (tertiary/aromatic N) is 4. The van der Waals surface area contributed by atoms with Crippen molar-refractivity contribution in [2.24, 2.45) is 0 Å². The number of carbonyl (C=O) groups is 1. The normalized spacial score (nSPS) is 10.5. The van der Waals surface area contributed by atoms with E-state index in [0.717, 1.165) is 6.54 Å². The van der Waals surface area contributed by atoms with Crippen molar-refractivity contribution >= 4 is 5.91 Å². The Balaban J connectivity index is 1.84. The third-order valence-corrected chi connectivity index (χ3v) is 2.73. The first-order valence-corrected chi connectivity index (χ1v) is 6.60. The fourth-order valence-electron chi connectivity index (χ4n) is 1.68. The van der Waals surface area contributed by atoms with E-state index in [-0.39, 0.29) is 5.91 Å². The predicted molar refractivity (Wildman–Crippen MR) is 76.2 cm³/mol. The van der Waals surface area contributed by atoms with Crippen molar-refractivity contribution in [1.29, 1.82) is 0 Å². The monoisotopic (exact) mass is 290 g/mol. The molecule has 0 bridgehead atoms. The van der Waals surface area contributed by atoms with E-state index in [1.54, 1.807) is 25.4 Å². The highest BCUT2D eigenvalue weighted by atomic mass is 16.5. The highest BCUT2D eigenvalue weighted by molar-refractivity contribution is 5.94. The molecule has 0 aliphatic heterocycles. The van der Waals surface area contributed by atoms with Crippen molar-refractivity contribution in [3.8, 4) is 5.82 Å². The van der Waals surface area contributed by atoms with Crippen LogP contribution in [0.15, 0.2) is 31.0 Å². The lowest BCUT2D eigenvalue weighted by Crippen LogP contribution is -2.33. The molecular formula is C13H18N6O2. The van der Waals surface area contributed by atoms with Crippen LogP contribution in [0.4, 0.5) is 0 Å². The van der Waals surface area contributed by atoms with Crippen LogP contribution < -0.4 is 10.6 Å². The third-order valence-electron chi connectivity index (χ3n) is 2.73. The highest BCUT2D eigenvalue weighted by Gasteiger charge is 2.07. The predicted octanol–water partition coefficient (Wildman–Crippen LogP) is -0.372. The Morgan fingerprint density at radius 1 is 1.38 bits per heavy atom. The topological polar surface area (TPSA) is 94.0 Å². The van der Waals surface area contributed by atoms with Gasteiger partial charge < -0.3 is 15.4 Å². The molecule has 0 saturated carbocycles. The van der Waals surface area contributed by atoms with E-state index in [1.807, 2.05) is 0 Å². The summed E-state index contributed by atoms with van der Waals surface area (Å²) < 4.78 is 6.42. The largest absolute Gasteiger partial charge is 0.383 e. The van der Waals surface area contributed by atoms with Crippen LogP contribution in [0.2, 0.25) is 0 Å². The Morgan fingerprint density at radius 2 is 2.29 bits per heavy atom. The number of nitrogens with one attached hydrogen (secondary N) is 2. The van der Waals surface area contributed by atoms with Gasteiger partial charge in [0.05, 0.1) is 6.61 Å². The van der Waals surface area contributed by atoms with Crippen molar-refractivity contribution in [3.63, 3.8) is 0 Å². The quantitative estimate of drug-likeness (QED) is 0.644. The fourth-order valence-corrected chi connectivity index (χ4v) is 1.68. The minimum atomic E-state index is -0.146. The Labute approximate surface area is 122 Å². The van der Waals surface area contributed by atoms with Gasteiger partial charge in [0.1, 0.15) is 12.7 Å². The van der Waals surface area contributed by atoms with Crippen molar-refractivity contribution in [2.45, 2.75) is 0 Å². The number of pyridine rings is 1. The number of rotatable bonds is 8. The number of hydrogen-bond donors (Lipinski definition) is 2. The van der Waals surface area contributed by atoms with Gasteiger partial charge in [0.25, 0.3) is 5.91 Å². The highest BCUT2D eigenvalue weighted by Crippen LogP contribution is 2.05. The van der Waals surface area contributed by atoms with E-state index in [9.17, 15) is 4.79 Å². The van der Waals surface area contributed by atoms with Gasteiger partial charge in [-0.2, -0.15) is 5.10 Å².